The lowest BCUT2D eigenvalue weighted by Crippen LogP contribution is -2.05. The molecule has 0 fully saturated rings. The number of allylic oxidation sites excluding steroid dienone is 2. The smallest absolute Gasteiger partial charge is 0.206 e. The zero-order chi connectivity index (χ0) is 31.3. The Hall–Kier alpha value is -3.17. The lowest BCUT2D eigenvalue weighted by Gasteiger charge is -2.40. The van der Waals surface area contributed by atoms with Crippen molar-refractivity contribution in [2.45, 2.75) is 61.7 Å². The molecule has 0 spiro atoms. The normalized spacial score (nSPS) is 13.9. The first kappa shape index (κ1) is 32.7. The monoisotopic (exact) mass is 638 g/mol. The SMILES string of the molecule is CC/C=C(\CCCc1ccc(-c2ccc(S)cc2)c(F)c1)CCCc1ccc(-c2ccc(S(F)(F)(F)(F)F)cc2)c(F)c1. The topological polar surface area (TPSA) is 0 Å². The van der Waals surface area contributed by atoms with E-state index in [0.717, 1.165) is 72.2 Å². The molecule has 0 amide bonds. The molecule has 4 rings (SSSR count). The number of benzene rings is 4. The highest BCUT2D eigenvalue weighted by Crippen LogP contribution is 3.02. The zero-order valence-corrected chi connectivity index (χ0v) is 25.3. The van der Waals surface area contributed by atoms with Gasteiger partial charge in [-0.1, -0.05) is 86.5 Å². The predicted molar refractivity (Wildman–Crippen MR) is 167 cm³/mol. The van der Waals surface area contributed by atoms with Crippen LogP contribution in [0, 0.1) is 11.6 Å². The maximum atomic E-state index is 14.8. The predicted octanol–water partition coefficient (Wildman–Crippen LogP) is 12.9. The Morgan fingerprint density at radius 1 is 0.651 bits per heavy atom. The van der Waals surface area contributed by atoms with Crippen LogP contribution in [0.4, 0.5) is 28.2 Å². The highest BCUT2D eigenvalue weighted by atomic mass is 32.5. The van der Waals surface area contributed by atoms with Gasteiger partial charge >= 0.3 is 10.2 Å². The minimum absolute atomic E-state index is 0.0454. The molecule has 0 radical (unpaired) electrons. The van der Waals surface area contributed by atoms with Gasteiger partial charge in [0.05, 0.1) is 0 Å². The molecule has 0 nitrogen and oxygen atoms in total. The van der Waals surface area contributed by atoms with Gasteiger partial charge in [0, 0.05) is 16.0 Å². The summed E-state index contributed by atoms with van der Waals surface area (Å²) in [6.45, 7) is 2.06. The quantitative estimate of drug-likeness (QED) is 0.0891. The Morgan fingerprint density at radius 3 is 1.49 bits per heavy atom. The number of halogens is 7. The second-order valence-electron chi connectivity index (χ2n) is 10.6. The van der Waals surface area contributed by atoms with Crippen LogP contribution in [0.5, 0.6) is 0 Å². The molecule has 0 aliphatic carbocycles. The summed E-state index contributed by atoms with van der Waals surface area (Å²) in [5, 5.41) is 0. The Morgan fingerprint density at radius 2 is 1.09 bits per heavy atom. The van der Waals surface area contributed by atoms with Gasteiger partial charge in [-0.25, -0.2) is 8.78 Å². The molecule has 0 saturated carbocycles. The zero-order valence-electron chi connectivity index (χ0n) is 23.6. The fourth-order valence-electron chi connectivity index (χ4n) is 5.09. The Labute approximate surface area is 253 Å². The summed E-state index contributed by atoms with van der Waals surface area (Å²) in [5.74, 6) is -0.882. The first-order valence-corrected chi connectivity index (χ1v) is 16.4. The molecule has 0 heterocycles. The highest BCUT2D eigenvalue weighted by molar-refractivity contribution is 8.45. The molecule has 0 N–H and O–H groups in total. The van der Waals surface area contributed by atoms with Crippen LogP contribution in [0.2, 0.25) is 0 Å². The molecule has 0 unspecified atom stereocenters. The van der Waals surface area contributed by atoms with Gasteiger partial charge in [-0.3, -0.25) is 0 Å². The third-order valence-corrected chi connectivity index (χ3v) is 8.74. The Kier molecular flexibility index (Phi) is 9.47. The first-order chi connectivity index (χ1) is 20.1. The van der Waals surface area contributed by atoms with Crippen molar-refractivity contribution in [2.24, 2.45) is 0 Å². The second kappa shape index (κ2) is 12.4. The fourth-order valence-corrected chi connectivity index (χ4v) is 5.89. The van der Waals surface area contributed by atoms with Gasteiger partial charge in [0.1, 0.15) is 16.5 Å². The van der Waals surface area contributed by atoms with E-state index in [0.29, 0.717) is 24.1 Å². The number of aryl methyl sites for hydroxylation is 2. The maximum Gasteiger partial charge on any atom is 0.310 e. The van der Waals surface area contributed by atoms with Crippen molar-refractivity contribution < 1.29 is 28.2 Å². The van der Waals surface area contributed by atoms with Crippen molar-refractivity contribution in [3.05, 3.63) is 119 Å². The van der Waals surface area contributed by atoms with Gasteiger partial charge in [0.25, 0.3) is 0 Å². The van der Waals surface area contributed by atoms with Gasteiger partial charge in [0.15, 0.2) is 0 Å². The van der Waals surface area contributed by atoms with Crippen LogP contribution in [0.15, 0.2) is 106 Å². The van der Waals surface area contributed by atoms with Crippen molar-refractivity contribution >= 4 is 22.9 Å². The van der Waals surface area contributed by atoms with E-state index in [1.54, 1.807) is 12.1 Å². The van der Waals surface area contributed by atoms with Gasteiger partial charge in [-0.15, -0.1) is 12.6 Å². The summed E-state index contributed by atoms with van der Waals surface area (Å²) in [6, 6.07) is 19.5. The van der Waals surface area contributed by atoms with Crippen LogP contribution in [-0.2, 0) is 12.8 Å². The summed E-state index contributed by atoms with van der Waals surface area (Å²) in [5.41, 5.74) is 4.44. The molecule has 4 aromatic carbocycles. The van der Waals surface area contributed by atoms with E-state index in [2.05, 4.69) is 25.6 Å². The average Bonchev–Trinajstić information content (AvgIpc) is 2.93. The standard InChI is InChI=1S/C34H33F7S2/c1-2-5-24(6-3-8-25-10-20-31(33(35)22-25)27-12-16-29(42)17-13-27)7-4-9-26-11-21-32(34(36)23-26)28-14-18-30(19-15-28)43(37,38,39,40)41/h5,10-23,42H,2-4,6-9H2,1H3/b24-5+. The van der Waals surface area contributed by atoms with Gasteiger partial charge in [0.2, 0.25) is 0 Å². The third kappa shape index (κ3) is 9.16. The van der Waals surface area contributed by atoms with E-state index in [9.17, 15) is 28.2 Å². The van der Waals surface area contributed by atoms with E-state index in [1.807, 2.05) is 36.4 Å². The molecule has 0 aliphatic heterocycles. The van der Waals surface area contributed by atoms with Crippen molar-refractivity contribution in [1.82, 2.24) is 0 Å². The largest absolute Gasteiger partial charge is 0.310 e. The van der Waals surface area contributed by atoms with Crippen LogP contribution in [0.3, 0.4) is 0 Å². The number of hydrogen-bond acceptors (Lipinski definition) is 1. The molecule has 0 atom stereocenters. The lowest BCUT2D eigenvalue weighted by molar-refractivity contribution is 0.364. The number of rotatable bonds is 12. The fraction of sp³-hybridized carbons (Fsp3) is 0.235. The molecule has 43 heavy (non-hydrogen) atoms. The van der Waals surface area contributed by atoms with Crippen LogP contribution in [0.1, 0.15) is 50.2 Å². The van der Waals surface area contributed by atoms with E-state index >= 15 is 0 Å². The number of hydrogen-bond donors (Lipinski definition) is 1. The summed E-state index contributed by atoms with van der Waals surface area (Å²) in [6.07, 6.45) is 7.74. The van der Waals surface area contributed by atoms with E-state index in [4.69, 9.17) is 0 Å². The van der Waals surface area contributed by atoms with Crippen LogP contribution < -0.4 is 0 Å². The molecule has 9 heteroatoms. The minimum Gasteiger partial charge on any atom is -0.206 e. The van der Waals surface area contributed by atoms with Gasteiger partial charge in [-0.05, 0) is 104 Å². The van der Waals surface area contributed by atoms with E-state index in [1.165, 1.54) is 17.7 Å². The molecule has 0 aliphatic rings. The van der Waals surface area contributed by atoms with Gasteiger partial charge < -0.3 is 0 Å². The number of thiol groups is 1. The highest BCUT2D eigenvalue weighted by Gasteiger charge is 2.65. The Bertz CT molecular complexity index is 1590. The summed E-state index contributed by atoms with van der Waals surface area (Å²) >= 11 is 4.27. The summed E-state index contributed by atoms with van der Waals surface area (Å²) < 4.78 is 94.5. The molecule has 0 bridgehead atoms. The lowest BCUT2D eigenvalue weighted by atomic mass is 9.96. The summed E-state index contributed by atoms with van der Waals surface area (Å²) in [7, 11) is -9.78. The van der Waals surface area contributed by atoms with Crippen molar-refractivity contribution in [2.75, 3.05) is 0 Å². The van der Waals surface area contributed by atoms with Gasteiger partial charge in [-0.2, -0.15) is 0 Å². The van der Waals surface area contributed by atoms with E-state index in [-0.39, 0.29) is 16.9 Å². The van der Waals surface area contributed by atoms with E-state index < -0.39 is 20.9 Å². The minimum atomic E-state index is -9.78. The second-order valence-corrected chi connectivity index (χ2v) is 13.6. The van der Waals surface area contributed by atoms with Crippen LogP contribution in [-0.4, -0.2) is 0 Å². The molecule has 230 valence electrons. The first-order valence-electron chi connectivity index (χ1n) is 14.0. The van der Waals surface area contributed by atoms with Crippen molar-refractivity contribution in [1.29, 1.82) is 0 Å². The van der Waals surface area contributed by atoms with Crippen molar-refractivity contribution in [3.8, 4) is 22.3 Å². The van der Waals surface area contributed by atoms with Crippen molar-refractivity contribution in [3.63, 3.8) is 0 Å². The molecular formula is C34H33F7S2. The Balaban J connectivity index is 1.29. The molecule has 4 aromatic rings. The third-order valence-electron chi connectivity index (χ3n) is 7.28. The van der Waals surface area contributed by atoms with Crippen LogP contribution >= 0.6 is 22.9 Å². The maximum absolute atomic E-state index is 14.8. The average molecular weight is 639 g/mol. The molecule has 0 aromatic heterocycles. The summed E-state index contributed by atoms with van der Waals surface area (Å²) in [4.78, 5) is -1.18. The molecular weight excluding hydrogens is 605 g/mol. The van der Waals surface area contributed by atoms with Crippen LogP contribution in [0.25, 0.3) is 22.3 Å². The molecule has 0 saturated heterocycles.